The monoisotopic (exact) mass is 306 g/mol. The van der Waals surface area contributed by atoms with Crippen molar-refractivity contribution in [3.8, 4) is 0 Å². The fraction of sp³-hybridized carbons (Fsp3) is 0.588. The zero-order chi connectivity index (χ0) is 15.4. The quantitative estimate of drug-likeness (QED) is 0.854. The highest BCUT2D eigenvalue weighted by molar-refractivity contribution is 7.99. The molecule has 1 aliphatic rings. The Hall–Kier alpha value is -1.00. The van der Waals surface area contributed by atoms with Crippen molar-refractivity contribution in [3.05, 3.63) is 35.4 Å². The van der Waals surface area contributed by atoms with E-state index in [1.807, 2.05) is 42.7 Å². The molecule has 4 heteroatoms. The summed E-state index contributed by atoms with van der Waals surface area (Å²) in [6.45, 7) is 2.07. The molecule has 116 valence electrons. The van der Waals surface area contributed by atoms with Crippen molar-refractivity contribution in [2.75, 3.05) is 32.6 Å². The summed E-state index contributed by atoms with van der Waals surface area (Å²) in [5.74, 6) is 2.54. The first-order valence-corrected chi connectivity index (χ1v) is 8.73. The fourth-order valence-corrected chi connectivity index (χ4v) is 3.94. The van der Waals surface area contributed by atoms with Crippen molar-refractivity contribution in [1.29, 1.82) is 0 Å². The van der Waals surface area contributed by atoms with E-state index in [1.54, 1.807) is 0 Å². The molecular formula is C17H26N2OS. The molecule has 1 fully saturated rings. The van der Waals surface area contributed by atoms with Crippen molar-refractivity contribution in [3.63, 3.8) is 0 Å². The number of benzene rings is 1. The highest BCUT2D eigenvalue weighted by Gasteiger charge is 2.30. The van der Waals surface area contributed by atoms with Gasteiger partial charge in [-0.25, -0.2) is 0 Å². The molecule has 1 atom stereocenters. The molecule has 0 aliphatic carbocycles. The molecule has 0 radical (unpaired) electrons. The van der Waals surface area contributed by atoms with Gasteiger partial charge in [-0.05, 0) is 50.9 Å². The Bertz CT molecular complexity index is 466. The van der Waals surface area contributed by atoms with Crippen LogP contribution in [0.5, 0.6) is 0 Å². The largest absolute Gasteiger partial charge is 0.341 e. The van der Waals surface area contributed by atoms with Crippen LogP contribution in [0, 0.1) is 6.92 Å². The van der Waals surface area contributed by atoms with Crippen molar-refractivity contribution in [2.24, 2.45) is 0 Å². The summed E-state index contributed by atoms with van der Waals surface area (Å²) >= 11 is 1.99. The third-order valence-corrected chi connectivity index (χ3v) is 5.28. The van der Waals surface area contributed by atoms with E-state index in [9.17, 15) is 4.79 Å². The van der Waals surface area contributed by atoms with Crippen LogP contribution in [0.25, 0.3) is 0 Å². The van der Waals surface area contributed by atoms with Crippen LogP contribution in [-0.4, -0.2) is 54.4 Å². The maximum atomic E-state index is 12.9. The number of amides is 1. The Balaban J connectivity index is 2.16. The van der Waals surface area contributed by atoms with Crippen LogP contribution in [0.2, 0.25) is 0 Å². The molecule has 0 N–H and O–H groups in total. The van der Waals surface area contributed by atoms with E-state index in [1.165, 1.54) is 17.1 Å². The smallest absolute Gasteiger partial charge is 0.244 e. The summed E-state index contributed by atoms with van der Waals surface area (Å²) in [4.78, 5) is 16.9. The Morgan fingerprint density at radius 3 is 2.24 bits per heavy atom. The Morgan fingerprint density at radius 2 is 1.71 bits per heavy atom. The molecule has 2 rings (SSSR count). The summed E-state index contributed by atoms with van der Waals surface area (Å²) in [6.07, 6.45) is 2.22. The molecule has 0 bridgehead atoms. The lowest BCUT2D eigenvalue weighted by Gasteiger charge is -2.35. The normalized spacial score (nSPS) is 17.8. The predicted molar refractivity (Wildman–Crippen MR) is 90.7 cm³/mol. The van der Waals surface area contributed by atoms with E-state index in [0.717, 1.165) is 18.4 Å². The lowest BCUT2D eigenvalue weighted by molar-refractivity contribution is -0.137. The molecule has 1 aromatic carbocycles. The van der Waals surface area contributed by atoms with Crippen molar-refractivity contribution in [1.82, 2.24) is 9.80 Å². The van der Waals surface area contributed by atoms with Gasteiger partial charge in [0.2, 0.25) is 5.91 Å². The van der Waals surface area contributed by atoms with Gasteiger partial charge in [0.05, 0.1) is 0 Å². The number of rotatable bonds is 4. The van der Waals surface area contributed by atoms with Gasteiger partial charge in [-0.3, -0.25) is 9.69 Å². The van der Waals surface area contributed by atoms with Gasteiger partial charge in [0, 0.05) is 13.1 Å². The number of likely N-dealkylation sites (N-methyl/N-ethyl adjacent to an activating group) is 2. The van der Waals surface area contributed by atoms with Crippen molar-refractivity contribution in [2.45, 2.75) is 31.8 Å². The predicted octanol–water partition coefficient (Wildman–Crippen LogP) is 2.95. The molecular weight excluding hydrogens is 280 g/mol. The summed E-state index contributed by atoms with van der Waals surface area (Å²) in [5, 5.41) is 0. The van der Waals surface area contributed by atoms with Crippen LogP contribution in [0.4, 0.5) is 0 Å². The molecule has 0 spiro atoms. The second kappa shape index (κ2) is 7.32. The highest BCUT2D eigenvalue weighted by Crippen LogP contribution is 2.26. The number of thioether (sulfide) groups is 1. The number of hydrogen-bond acceptors (Lipinski definition) is 3. The van der Waals surface area contributed by atoms with Gasteiger partial charge in [-0.15, -0.1) is 0 Å². The summed E-state index contributed by atoms with van der Waals surface area (Å²) in [7, 11) is 5.92. The summed E-state index contributed by atoms with van der Waals surface area (Å²) in [5.41, 5.74) is 2.30. The topological polar surface area (TPSA) is 23.6 Å². The first-order chi connectivity index (χ1) is 10.0. The van der Waals surface area contributed by atoms with E-state index in [2.05, 4.69) is 31.2 Å². The number of aryl methyl sites for hydroxylation is 1. The van der Waals surface area contributed by atoms with Crippen LogP contribution >= 0.6 is 11.8 Å². The van der Waals surface area contributed by atoms with Gasteiger partial charge in [0.25, 0.3) is 0 Å². The van der Waals surface area contributed by atoms with Gasteiger partial charge >= 0.3 is 0 Å². The van der Waals surface area contributed by atoms with Crippen LogP contribution < -0.4 is 0 Å². The second-order valence-corrected chi connectivity index (χ2v) is 7.29. The van der Waals surface area contributed by atoms with Gasteiger partial charge in [-0.1, -0.05) is 29.8 Å². The second-order valence-electron chi connectivity index (χ2n) is 6.07. The molecule has 1 amide bonds. The van der Waals surface area contributed by atoms with Crippen LogP contribution in [-0.2, 0) is 4.79 Å². The van der Waals surface area contributed by atoms with Gasteiger partial charge in [0.15, 0.2) is 0 Å². The fourth-order valence-electron chi connectivity index (χ4n) is 2.86. The molecule has 1 aromatic rings. The number of hydrogen-bond donors (Lipinski definition) is 0. The maximum absolute atomic E-state index is 12.9. The van der Waals surface area contributed by atoms with E-state index in [4.69, 9.17) is 0 Å². The van der Waals surface area contributed by atoms with Crippen LogP contribution in [0.15, 0.2) is 24.3 Å². The SMILES string of the molecule is Cc1ccc([C@@H](C(=O)N(C)C2CCSCC2)N(C)C)cc1. The van der Waals surface area contributed by atoms with Gasteiger partial charge in [0.1, 0.15) is 6.04 Å². The minimum Gasteiger partial charge on any atom is -0.341 e. The third kappa shape index (κ3) is 4.01. The minimum absolute atomic E-state index is 0.190. The standard InChI is InChI=1S/C17H26N2OS/c1-13-5-7-14(8-6-13)16(18(2)3)17(20)19(4)15-9-11-21-12-10-15/h5-8,15-16H,9-12H2,1-4H3/t16-/m0/s1. The first-order valence-electron chi connectivity index (χ1n) is 7.58. The number of carbonyl (C=O) groups is 1. The first kappa shape index (κ1) is 16.4. The third-order valence-electron chi connectivity index (χ3n) is 4.23. The lowest BCUT2D eigenvalue weighted by atomic mass is 10.0. The van der Waals surface area contributed by atoms with Gasteiger partial charge < -0.3 is 4.90 Å². The summed E-state index contributed by atoms with van der Waals surface area (Å²) in [6, 6.07) is 8.51. The average molecular weight is 306 g/mol. The van der Waals surface area contributed by atoms with Crippen LogP contribution in [0.3, 0.4) is 0 Å². The Labute approximate surface area is 132 Å². The summed E-state index contributed by atoms with van der Waals surface area (Å²) < 4.78 is 0. The molecule has 3 nitrogen and oxygen atoms in total. The highest BCUT2D eigenvalue weighted by atomic mass is 32.2. The van der Waals surface area contributed by atoms with E-state index < -0.39 is 0 Å². The lowest BCUT2D eigenvalue weighted by Crippen LogP contribution is -2.45. The molecule has 0 unspecified atom stereocenters. The van der Waals surface area contributed by atoms with Crippen molar-refractivity contribution < 1.29 is 4.79 Å². The van der Waals surface area contributed by atoms with Gasteiger partial charge in [-0.2, -0.15) is 11.8 Å². The molecule has 21 heavy (non-hydrogen) atoms. The molecule has 1 aliphatic heterocycles. The number of nitrogens with zero attached hydrogens (tertiary/aromatic N) is 2. The average Bonchev–Trinajstić information content (AvgIpc) is 2.49. The minimum atomic E-state index is -0.190. The zero-order valence-electron chi connectivity index (χ0n) is 13.5. The van der Waals surface area contributed by atoms with Crippen LogP contribution in [0.1, 0.15) is 30.0 Å². The Morgan fingerprint density at radius 1 is 1.14 bits per heavy atom. The Kier molecular flexibility index (Phi) is 5.71. The zero-order valence-corrected chi connectivity index (χ0v) is 14.3. The van der Waals surface area contributed by atoms with E-state index in [-0.39, 0.29) is 11.9 Å². The molecule has 1 heterocycles. The molecule has 1 saturated heterocycles. The molecule has 0 aromatic heterocycles. The maximum Gasteiger partial charge on any atom is 0.244 e. The van der Waals surface area contributed by atoms with E-state index in [0.29, 0.717) is 6.04 Å². The molecule has 0 saturated carbocycles. The number of carbonyl (C=O) groups excluding carboxylic acids is 1. The van der Waals surface area contributed by atoms with E-state index >= 15 is 0 Å². The van der Waals surface area contributed by atoms with Crippen molar-refractivity contribution >= 4 is 17.7 Å².